The van der Waals surface area contributed by atoms with Gasteiger partial charge in [-0.15, -0.1) is 0 Å². The third kappa shape index (κ3) is 7.21. The molecule has 2 aromatic heterocycles. The number of pyridine rings is 1. The van der Waals surface area contributed by atoms with E-state index in [-0.39, 0.29) is 89.4 Å². The summed E-state index contributed by atoms with van der Waals surface area (Å²) in [6.45, 7) is 3.40. The third-order valence-electron chi connectivity index (χ3n) is 5.38. The molecular weight excluding hydrogens is 525 g/mol. The van der Waals surface area contributed by atoms with Crippen LogP contribution in [0.25, 0.3) is 33.1 Å². The van der Waals surface area contributed by atoms with E-state index in [9.17, 15) is 22.8 Å². The summed E-state index contributed by atoms with van der Waals surface area (Å²) >= 11 is 0. The molecule has 0 saturated heterocycles. The van der Waals surface area contributed by atoms with Crippen molar-refractivity contribution in [1.29, 1.82) is 0 Å². The average molecular weight is 548 g/mol. The summed E-state index contributed by atoms with van der Waals surface area (Å²) in [6.07, 6.45) is 1.94. The number of nitrogens with one attached hydrogen (secondary N) is 1. The van der Waals surface area contributed by atoms with Gasteiger partial charge >= 0.3 is 59.1 Å². The normalized spacial score (nSPS) is 11.8. The van der Waals surface area contributed by atoms with Gasteiger partial charge in [0.05, 0.1) is 37.2 Å². The number of benzene rings is 2. The van der Waals surface area contributed by atoms with Crippen molar-refractivity contribution < 1.29 is 91.1 Å². The number of sulfone groups is 1. The van der Waals surface area contributed by atoms with Gasteiger partial charge in [0.25, 0.3) is 0 Å². The molecule has 2 aromatic carbocycles. The molecule has 0 saturated carbocycles. The largest absolute Gasteiger partial charge is 1.00 e. The first-order valence-electron chi connectivity index (χ1n) is 10.6. The van der Waals surface area contributed by atoms with Gasteiger partial charge in [0.1, 0.15) is 11.4 Å². The number of hydrogen-bond acceptors (Lipinski definition) is 8. The molecule has 4 rings (SSSR count). The minimum absolute atomic E-state index is 0. The van der Waals surface area contributed by atoms with E-state index in [1.807, 2.05) is 25.1 Å². The van der Waals surface area contributed by atoms with Crippen LogP contribution in [0.15, 0.2) is 53.6 Å². The van der Waals surface area contributed by atoms with E-state index in [0.29, 0.717) is 16.9 Å². The number of H-pyrrole nitrogens is 1. The Balaban J connectivity index is 0.00000228. The number of phosphoric acid groups is 1. The summed E-state index contributed by atoms with van der Waals surface area (Å²) in [5.74, 6) is 0.520. The second-order valence-corrected chi connectivity index (χ2v) is 11.2. The molecule has 0 amide bonds. The SMILES string of the molecule is CCS(=O)(=O)c1cccc(-c2ccc(OCCCOP(=O)([O-])[O-])c3[nH]c4ncc(C)cc4c23)c1.[Na+].[Na+]. The smallest absolute Gasteiger partial charge is 0.790 e. The zero-order valence-electron chi connectivity index (χ0n) is 20.6. The summed E-state index contributed by atoms with van der Waals surface area (Å²) in [7, 11) is -8.39. The predicted octanol–water partition coefficient (Wildman–Crippen LogP) is -2.89. The molecule has 9 nitrogen and oxygen atoms in total. The van der Waals surface area contributed by atoms with Gasteiger partial charge in [-0.1, -0.05) is 19.1 Å². The van der Waals surface area contributed by atoms with Crippen LogP contribution in [-0.4, -0.2) is 37.4 Å². The van der Waals surface area contributed by atoms with Gasteiger partial charge < -0.3 is 28.6 Å². The quantitative estimate of drug-likeness (QED) is 0.133. The van der Waals surface area contributed by atoms with Gasteiger partial charge in [0, 0.05) is 23.4 Å². The van der Waals surface area contributed by atoms with Crippen LogP contribution in [0.1, 0.15) is 18.9 Å². The molecule has 0 bridgehead atoms. The van der Waals surface area contributed by atoms with Gasteiger partial charge in [-0.05, 0) is 53.9 Å². The maximum atomic E-state index is 12.4. The number of fused-ring (bicyclic) bond motifs is 3. The van der Waals surface area contributed by atoms with E-state index < -0.39 is 17.7 Å². The molecule has 13 heteroatoms. The maximum absolute atomic E-state index is 12.4. The molecule has 0 radical (unpaired) electrons. The van der Waals surface area contributed by atoms with Gasteiger partial charge in [-0.25, -0.2) is 13.4 Å². The number of rotatable bonds is 9. The molecule has 4 aromatic rings. The minimum Gasteiger partial charge on any atom is -0.790 e. The van der Waals surface area contributed by atoms with Crippen LogP contribution >= 0.6 is 7.82 Å². The molecule has 1 N–H and O–H groups in total. The summed E-state index contributed by atoms with van der Waals surface area (Å²) in [5.41, 5.74) is 3.84. The van der Waals surface area contributed by atoms with Crippen molar-refractivity contribution in [2.75, 3.05) is 19.0 Å². The molecular formula is C23H23N2Na2O7PS. The predicted molar refractivity (Wildman–Crippen MR) is 125 cm³/mol. The van der Waals surface area contributed by atoms with Crippen LogP contribution in [0.4, 0.5) is 0 Å². The molecule has 0 fully saturated rings. The first kappa shape index (κ1) is 31.5. The number of aromatic amines is 1. The first-order valence-corrected chi connectivity index (χ1v) is 13.7. The second kappa shape index (κ2) is 12.9. The molecule has 0 unspecified atom stereocenters. The molecule has 0 aliphatic carbocycles. The molecule has 0 spiro atoms. The van der Waals surface area contributed by atoms with E-state index >= 15 is 0 Å². The minimum atomic E-state index is -5.01. The summed E-state index contributed by atoms with van der Waals surface area (Å²) < 4.78 is 45.6. The average Bonchev–Trinajstić information content (AvgIpc) is 3.17. The number of aryl methyl sites for hydroxylation is 1. The number of phosphoric ester groups is 1. The molecule has 0 atom stereocenters. The van der Waals surface area contributed by atoms with Crippen molar-refractivity contribution in [1.82, 2.24) is 9.97 Å². The fourth-order valence-electron chi connectivity index (χ4n) is 3.77. The monoisotopic (exact) mass is 548 g/mol. The van der Waals surface area contributed by atoms with Crippen LogP contribution < -0.4 is 73.6 Å². The van der Waals surface area contributed by atoms with Gasteiger partial charge in [0.2, 0.25) is 0 Å². The van der Waals surface area contributed by atoms with Crippen LogP contribution in [-0.2, 0) is 18.9 Å². The molecule has 2 heterocycles. The van der Waals surface area contributed by atoms with Gasteiger partial charge in [-0.3, -0.25) is 0 Å². The number of ether oxygens (including phenoxy) is 1. The van der Waals surface area contributed by atoms with E-state index in [1.54, 1.807) is 37.4 Å². The topological polar surface area (TPSA) is 144 Å². The van der Waals surface area contributed by atoms with E-state index in [2.05, 4.69) is 14.5 Å². The zero-order valence-corrected chi connectivity index (χ0v) is 26.3. The first-order chi connectivity index (χ1) is 16.1. The van der Waals surface area contributed by atoms with Crippen LogP contribution in [0.2, 0.25) is 0 Å². The number of hydrogen-bond donors (Lipinski definition) is 1. The van der Waals surface area contributed by atoms with E-state index in [0.717, 1.165) is 27.5 Å². The van der Waals surface area contributed by atoms with E-state index in [4.69, 9.17) is 4.74 Å². The fraction of sp³-hybridized carbons (Fsp3) is 0.261. The van der Waals surface area contributed by atoms with Crippen LogP contribution in [0.3, 0.4) is 0 Å². The summed E-state index contributed by atoms with van der Waals surface area (Å²) in [6, 6.07) is 12.4. The van der Waals surface area contributed by atoms with E-state index in [1.165, 1.54) is 0 Å². The standard InChI is InChI=1S/C23H25N2O7PS.2Na/c1-3-34(29,30)17-7-4-6-16(13-17)18-8-9-20(31-10-5-11-32-33(26,27)28)22-21(18)19-12-15(2)14-24-23(19)25-22;;/h4,6-9,12-14H,3,5,10-11H2,1-2H3,(H,24,25)(H2,26,27,28);;/q;2*+1/p-2. The Kier molecular flexibility index (Phi) is 11.2. The maximum Gasteiger partial charge on any atom is 1.00 e. The Bertz CT molecular complexity index is 1520. The second-order valence-electron chi connectivity index (χ2n) is 7.81. The third-order valence-corrected chi connectivity index (χ3v) is 7.62. The Labute approximate surface area is 253 Å². The van der Waals surface area contributed by atoms with Crippen molar-refractivity contribution in [2.24, 2.45) is 0 Å². The Hall–Kier alpha value is -0.750. The van der Waals surface area contributed by atoms with Crippen molar-refractivity contribution in [2.45, 2.75) is 25.2 Å². The summed E-state index contributed by atoms with van der Waals surface area (Å²) in [4.78, 5) is 29.2. The Morgan fingerprint density at radius 2 is 1.83 bits per heavy atom. The molecule has 0 aliphatic heterocycles. The van der Waals surface area contributed by atoms with Crippen molar-refractivity contribution in [3.63, 3.8) is 0 Å². The number of aromatic nitrogens is 2. The molecule has 36 heavy (non-hydrogen) atoms. The fourth-order valence-corrected chi connectivity index (χ4v) is 5.05. The van der Waals surface area contributed by atoms with Crippen molar-refractivity contribution >= 4 is 39.6 Å². The van der Waals surface area contributed by atoms with Crippen LogP contribution in [0, 0.1) is 6.92 Å². The van der Waals surface area contributed by atoms with Gasteiger partial charge in [0.15, 0.2) is 9.84 Å². The molecule has 0 aliphatic rings. The van der Waals surface area contributed by atoms with Crippen molar-refractivity contribution in [3.8, 4) is 16.9 Å². The Morgan fingerprint density at radius 3 is 2.53 bits per heavy atom. The molecule has 180 valence electrons. The van der Waals surface area contributed by atoms with Crippen LogP contribution in [0.5, 0.6) is 5.75 Å². The zero-order chi connectivity index (χ0) is 24.5. The van der Waals surface area contributed by atoms with Crippen molar-refractivity contribution in [3.05, 3.63) is 54.2 Å². The number of nitrogens with zero attached hydrogens (tertiary/aromatic N) is 1. The summed E-state index contributed by atoms with van der Waals surface area (Å²) in [5, 5.41) is 1.69. The Morgan fingerprint density at radius 1 is 1.08 bits per heavy atom. The van der Waals surface area contributed by atoms with Gasteiger partial charge in [-0.2, -0.15) is 0 Å².